The molecule has 7 heteroatoms. The van der Waals surface area contributed by atoms with Gasteiger partial charge in [-0.2, -0.15) is 0 Å². The van der Waals surface area contributed by atoms with Gasteiger partial charge in [0.15, 0.2) is 0 Å². The van der Waals surface area contributed by atoms with Crippen molar-refractivity contribution < 1.29 is 9.53 Å². The molecule has 3 rings (SSSR count). The standard InChI is InChI=1S/C21H19ClIN3O2/c22-19-11-15(12-25-9-8-14-2-1-3-17(23)10-14)13-26-21(19)28-18-6-4-16(5-7-18)20(24)27/h1-7,10-11,13,25H,8-9,12H2,(H2,24,27). The van der Waals surface area contributed by atoms with Gasteiger partial charge in [0.1, 0.15) is 10.8 Å². The average Bonchev–Trinajstić information content (AvgIpc) is 2.68. The van der Waals surface area contributed by atoms with Crippen LogP contribution in [0.25, 0.3) is 0 Å². The Bertz CT molecular complexity index is 964. The summed E-state index contributed by atoms with van der Waals surface area (Å²) in [5.41, 5.74) is 7.93. The molecule has 144 valence electrons. The van der Waals surface area contributed by atoms with Crippen LogP contribution in [0.1, 0.15) is 21.5 Å². The molecule has 0 atom stereocenters. The number of halogens is 2. The Morgan fingerprint density at radius 2 is 1.93 bits per heavy atom. The van der Waals surface area contributed by atoms with E-state index >= 15 is 0 Å². The first kappa shape index (κ1) is 20.6. The molecule has 3 aromatic rings. The van der Waals surface area contributed by atoms with Crippen LogP contribution in [0.2, 0.25) is 5.02 Å². The summed E-state index contributed by atoms with van der Waals surface area (Å²) in [6, 6.07) is 16.8. The van der Waals surface area contributed by atoms with Crippen molar-refractivity contribution in [1.82, 2.24) is 10.3 Å². The van der Waals surface area contributed by atoms with Crippen LogP contribution in [0, 0.1) is 3.57 Å². The van der Waals surface area contributed by atoms with Crippen LogP contribution in [-0.4, -0.2) is 17.4 Å². The van der Waals surface area contributed by atoms with E-state index in [2.05, 4.69) is 57.2 Å². The second-order valence-corrected chi connectivity index (χ2v) is 7.83. The molecule has 0 aliphatic heterocycles. The second-order valence-electron chi connectivity index (χ2n) is 6.18. The summed E-state index contributed by atoms with van der Waals surface area (Å²) in [6.07, 6.45) is 2.69. The Morgan fingerprint density at radius 3 is 2.61 bits per heavy atom. The number of carbonyl (C=O) groups is 1. The van der Waals surface area contributed by atoms with Crippen LogP contribution in [0.4, 0.5) is 0 Å². The number of aromatic nitrogens is 1. The van der Waals surface area contributed by atoms with Crippen molar-refractivity contribution in [2.75, 3.05) is 6.54 Å². The fourth-order valence-electron chi connectivity index (χ4n) is 2.59. The lowest BCUT2D eigenvalue weighted by Gasteiger charge is -2.09. The van der Waals surface area contributed by atoms with Gasteiger partial charge < -0.3 is 15.8 Å². The summed E-state index contributed by atoms with van der Waals surface area (Å²) in [7, 11) is 0. The zero-order valence-electron chi connectivity index (χ0n) is 15.0. The summed E-state index contributed by atoms with van der Waals surface area (Å²) in [6.45, 7) is 1.53. The summed E-state index contributed by atoms with van der Waals surface area (Å²) in [5.74, 6) is 0.362. The minimum absolute atomic E-state index is 0.316. The van der Waals surface area contributed by atoms with E-state index in [4.69, 9.17) is 22.1 Å². The molecule has 2 aromatic carbocycles. The Hall–Kier alpha value is -2.16. The normalized spacial score (nSPS) is 10.6. The van der Waals surface area contributed by atoms with Gasteiger partial charge in [-0.25, -0.2) is 4.98 Å². The molecule has 1 heterocycles. The number of primary amides is 1. The van der Waals surface area contributed by atoms with Crippen LogP contribution in [-0.2, 0) is 13.0 Å². The molecule has 3 N–H and O–H groups in total. The maximum absolute atomic E-state index is 11.1. The van der Waals surface area contributed by atoms with Gasteiger partial charge in [-0.15, -0.1) is 0 Å². The number of ether oxygens (including phenoxy) is 1. The number of carbonyl (C=O) groups excluding carboxylic acids is 1. The first-order valence-corrected chi connectivity index (χ1v) is 10.1. The third kappa shape index (κ3) is 5.92. The Labute approximate surface area is 182 Å². The minimum atomic E-state index is -0.485. The van der Waals surface area contributed by atoms with Gasteiger partial charge in [-0.05, 0) is 89.1 Å². The molecular weight excluding hydrogens is 489 g/mol. The van der Waals surface area contributed by atoms with Gasteiger partial charge in [-0.3, -0.25) is 4.79 Å². The van der Waals surface area contributed by atoms with E-state index in [1.54, 1.807) is 30.5 Å². The molecule has 5 nitrogen and oxygen atoms in total. The van der Waals surface area contributed by atoms with Crippen LogP contribution in [0.5, 0.6) is 11.6 Å². The number of hydrogen-bond acceptors (Lipinski definition) is 4. The monoisotopic (exact) mass is 507 g/mol. The molecular formula is C21H19ClIN3O2. The maximum Gasteiger partial charge on any atom is 0.248 e. The first-order valence-electron chi connectivity index (χ1n) is 8.68. The highest BCUT2D eigenvalue weighted by molar-refractivity contribution is 14.1. The number of nitrogens with one attached hydrogen (secondary N) is 1. The number of benzene rings is 2. The van der Waals surface area contributed by atoms with Crippen molar-refractivity contribution in [3.05, 3.63) is 86.1 Å². The molecule has 0 radical (unpaired) electrons. The van der Waals surface area contributed by atoms with Gasteiger partial charge in [0, 0.05) is 21.9 Å². The van der Waals surface area contributed by atoms with E-state index in [0.717, 1.165) is 18.5 Å². The Morgan fingerprint density at radius 1 is 1.14 bits per heavy atom. The van der Waals surface area contributed by atoms with E-state index in [-0.39, 0.29) is 0 Å². The van der Waals surface area contributed by atoms with Gasteiger partial charge >= 0.3 is 0 Å². The van der Waals surface area contributed by atoms with Crippen molar-refractivity contribution >= 4 is 40.1 Å². The largest absolute Gasteiger partial charge is 0.438 e. The van der Waals surface area contributed by atoms with E-state index < -0.39 is 5.91 Å². The topological polar surface area (TPSA) is 77.2 Å². The first-order chi connectivity index (χ1) is 13.5. The molecule has 0 saturated heterocycles. The molecule has 0 unspecified atom stereocenters. The molecule has 0 spiro atoms. The summed E-state index contributed by atoms with van der Waals surface area (Å²) >= 11 is 8.62. The number of nitrogens with zero attached hydrogens (tertiary/aromatic N) is 1. The number of pyridine rings is 1. The predicted octanol–water partition coefficient (Wildman–Crippen LogP) is 4.56. The second kappa shape index (κ2) is 9.86. The quantitative estimate of drug-likeness (QED) is 0.346. The zero-order valence-corrected chi connectivity index (χ0v) is 17.9. The van der Waals surface area contributed by atoms with Crippen molar-refractivity contribution in [2.24, 2.45) is 5.73 Å². The molecule has 0 bridgehead atoms. The molecule has 1 amide bonds. The third-order valence-corrected chi connectivity index (χ3v) is 4.97. The number of nitrogens with two attached hydrogens (primary N) is 1. The summed E-state index contributed by atoms with van der Waals surface area (Å²) < 4.78 is 6.92. The summed E-state index contributed by atoms with van der Waals surface area (Å²) in [4.78, 5) is 15.4. The number of amides is 1. The average molecular weight is 508 g/mol. The van der Waals surface area contributed by atoms with Crippen molar-refractivity contribution in [2.45, 2.75) is 13.0 Å². The van der Waals surface area contributed by atoms with E-state index in [1.165, 1.54) is 9.13 Å². The van der Waals surface area contributed by atoms with Gasteiger partial charge in [0.25, 0.3) is 0 Å². The summed E-state index contributed by atoms with van der Waals surface area (Å²) in [5, 5.41) is 3.82. The maximum atomic E-state index is 11.1. The van der Waals surface area contributed by atoms with Gasteiger partial charge in [-0.1, -0.05) is 23.7 Å². The van der Waals surface area contributed by atoms with Crippen LogP contribution < -0.4 is 15.8 Å². The highest BCUT2D eigenvalue weighted by atomic mass is 127. The van der Waals surface area contributed by atoms with Gasteiger partial charge in [0.2, 0.25) is 11.8 Å². The molecule has 0 aliphatic rings. The lowest BCUT2D eigenvalue weighted by Crippen LogP contribution is -2.16. The van der Waals surface area contributed by atoms with E-state index in [0.29, 0.717) is 28.8 Å². The minimum Gasteiger partial charge on any atom is -0.438 e. The molecule has 28 heavy (non-hydrogen) atoms. The van der Waals surface area contributed by atoms with Gasteiger partial charge in [0.05, 0.1) is 0 Å². The third-order valence-electron chi connectivity index (χ3n) is 4.03. The molecule has 1 aromatic heterocycles. The number of hydrogen-bond donors (Lipinski definition) is 2. The highest BCUT2D eigenvalue weighted by Crippen LogP contribution is 2.27. The van der Waals surface area contributed by atoms with Crippen LogP contribution in [0.3, 0.4) is 0 Å². The Kier molecular flexibility index (Phi) is 7.24. The fraction of sp³-hybridized carbons (Fsp3) is 0.143. The number of rotatable bonds is 8. The van der Waals surface area contributed by atoms with Crippen LogP contribution >= 0.6 is 34.2 Å². The fourth-order valence-corrected chi connectivity index (χ4v) is 3.43. The highest BCUT2D eigenvalue weighted by Gasteiger charge is 2.08. The lowest BCUT2D eigenvalue weighted by atomic mass is 10.1. The molecule has 0 saturated carbocycles. The molecule has 0 aliphatic carbocycles. The van der Waals surface area contributed by atoms with Crippen molar-refractivity contribution in [3.63, 3.8) is 0 Å². The van der Waals surface area contributed by atoms with Crippen molar-refractivity contribution in [1.29, 1.82) is 0 Å². The van der Waals surface area contributed by atoms with E-state index in [9.17, 15) is 4.79 Å². The van der Waals surface area contributed by atoms with E-state index in [1.807, 2.05) is 6.07 Å². The lowest BCUT2D eigenvalue weighted by molar-refractivity contribution is 0.100. The Balaban J connectivity index is 1.52. The van der Waals surface area contributed by atoms with Crippen molar-refractivity contribution in [3.8, 4) is 11.6 Å². The predicted molar refractivity (Wildman–Crippen MR) is 119 cm³/mol. The zero-order chi connectivity index (χ0) is 19.9. The smallest absolute Gasteiger partial charge is 0.248 e. The molecule has 0 fully saturated rings. The van der Waals surface area contributed by atoms with Crippen LogP contribution in [0.15, 0.2) is 60.8 Å². The SMILES string of the molecule is NC(=O)c1ccc(Oc2ncc(CNCCc3cccc(I)c3)cc2Cl)cc1.